The van der Waals surface area contributed by atoms with Crippen LogP contribution in [0.15, 0.2) is 104 Å². The predicted molar refractivity (Wildman–Crippen MR) is 233 cm³/mol. The van der Waals surface area contributed by atoms with Crippen LogP contribution in [0.25, 0.3) is 0 Å². The molecule has 5 N–H and O–H groups in total. The number of nitrogens with zero attached hydrogens (tertiary/aromatic N) is 10. The van der Waals surface area contributed by atoms with Gasteiger partial charge in [-0.1, -0.05) is 24.3 Å². The van der Waals surface area contributed by atoms with E-state index in [-0.39, 0.29) is 54.7 Å². The van der Waals surface area contributed by atoms with Crippen molar-refractivity contribution in [2.75, 3.05) is 77.8 Å². The first-order valence-corrected chi connectivity index (χ1v) is 20.9. The van der Waals surface area contributed by atoms with E-state index < -0.39 is 10.1 Å². The first kappa shape index (κ1) is 44.0. The second-order valence-corrected chi connectivity index (χ2v) is 14.7. The summed E-state index contributed by atoms with van der Waals surface area (Å²) in [5.41, 5.74) is 6.38. The number of aliphatic hydroxyl groups is 2. The summed E-state index contributed by atoms with van der Waals surface area (Å²) >= 11 is 0. The molecule has 312 valence electrons. The number of benzene rings is 4. The van der Waals surface area contributed by atoms with E-state index in [4.69, 9.17) is 15.0 Å². The Morgan fingerprint density at radius 1 is 0.576 bits per heavy atom. The van der Waals surface area contributed by atoms with Crippen LogP contribution in [-0.2, 0) is 10.1 Å². The Labute approximate surface area is 345 Å². The lowest BCUT2D eigenvalue weighted by atomic mass is 10.2. The van der Waals surface area contributed by atoms with E-state index in [1.165, 1.54) is 12.1 Å². The maximum atomic E-state index is 11.9. The van der Waals surface area contributed by atoms with Gasteiger partial charge in [0.25, 0.3) is 10.1 Å². The van der Waals surface area contributed by atoms with Crippen molar-refractivity contribution in [3.05, 3.63) is 90.0 Å². The molecule has 5 rings (SSSR count). The van der Waals surface area contributed by atoms with Gasteiger partial charge in [0.15, 0.2) is 0 Å². The number of nitrogens with one attached hydrogen (secondary N) is 2. The maximum Gasteiger partial charge on any atom is 0.294 e. The van der Waals surface area contributed by atoms with Gasteiger partial charge in [0, 0.05) is 50.6 Å². The third-order valence-corrected chi connectivity index (χ3v) is 10.3. The van der Waals surface area contributed by atoms with E-state index in [9.17, 15) is 23.2 Å². The average molecular weight is 825 g/mol. The largest absolute Gasteiger partial charge is 0.395 e. The molecule has 0 bridgehead atoms. The van der Waals surface area contributed by atoms with Crippen molar-refractivity contribution < 1.29 is 23.2 Å². The standard InChI is InChI=1S/C41H52N12O5S/c1-7-51(8-2)30-16-19-34(48-47-33-14-12-11-13-28(33)5)37(25-30)42-39-44-40(46-41(45-39)53(21-23-54)22-24-55)43-38-26-31(52(9-3)10-4)17-20-35(38)49-50-36-27-32(59(56,57)58)18-15-29(36)6/h11-20,25-27,54-55H,7-10,21-24H2,1-6H3,(H,56,57,58)(H2,42,43,44,45,46). The summed E-state index contributed by atoms with van der Waals surface area (Å²) in [5.74, 6) is 0.430. The van der Waals surface area contributed by atoms with Crippen molar-refractivity contribution in [1.82, 2.24) is 15.0 Å². The summed E-state index contributed by atoms with van der Waals surface area (Å²) in [6.45, 7) is 14.8. The van der Waals surface area contributed by atoms with Gasteiger partial charge in [-0.05, 0) is 107 Å². The quantitative estimate of drug-likeness (QED) is 0.0368. The zero-order valence-corrected chi connectivity index (χ0v) is 35.0. The zero-order valence-electron chi connectivity index (χ0n) is 34.2. The molecule has 0 saturated heterocycles. The minimum absolute atomic E-state index is 0.110. The van der Waals surface area contributed by atoms with Crippen molar-refractivity contribution in [3.63, 3.8) is 0 Å². The van der Waals surface area contributed by atoms with E-state index in [0.717, 1.165) is 48.8 Å². The van der Waals surface area contributed by atoms with E-state index in [1.54, 1.807) is 24.0 Å². The molecule has 1 aromatic heterocycles. The SMILES string of the molecule is CCN(CC)c1ccc(N=Nc2ccccc2C)c(Nc2nc(Nc3cc(N(CC)CC)ccc3N=Nc3cc(S(=O)(=O)O)ccc3C)nc(N(CCO)CCO)n2)c1. The van der Waals surface area contributed by atoms with Gasteiger partial charge >= 0.3 is 0 Å². The van der Waals surface area contributed by atoms with Crippen LogP contribution in [0.5, 0.6) is 0 Å². The summed E-state index contributed by atoms with van der Waals surface area (Å²) in [6, 6.07) is 23.2. The molecule has 18 heteroatoms. The Kier molecular flexibility index (Phi) is 15.3. The molecule has 0 aliphatic heterocycles. The molecular weight excluding hydrogens is 773 g/mol. The maximum absolute atomic E-state index is 11.9. The second kappa shape index (κ2) is 20.6. The van der Waals surface area contributed by atoms with E-state index in [2.05, 4.69) is 54.7 Å². The number of azo groups is 2. The molecule has 0 fully saturated rings. The summed E-state index contributed by atoms with van der Waals surface area (Å²) in [7, 11) is -4.47. The van der Waals surface area contributed by atoms with E-state index in [0.29, 0.717) is 28.3 Å². The van der Waals surface area contributed by atoms with Crippen LogP contribution < -0.4 is 25.3 Å². The minimum atomic E-state index is -4.47. The van der Waals surface area contributed by atoms with Gasteiger partial charge in [-0.25, -0.2) is 0 Å². The minimum Gasteiger partial charge on any atom is -0.395 e. The molecule has 5 aromatic rings. The topological polar surface area (TPSA) is 217 Å². The molecule has 0 aliphatic rings. The highest BCUT2D eigenvalue weighted by molar-refractivity contribution is 7.85. The number of aryl methyl sites for hydroxylation is 2. The fourth-order valence-electron chi connectivity index (χ4n) is 6.15. The summed E-state index contributed by atoms with van der Waals surface area (Å²) in [5, 5.41) is 44.6. The van der Waals surface area contributed by atoms with Crippen LogP contribution in [0.2, 0.25) is 0 Å². The Morgan fingerprint density at radius 2 is 1.05 bits per heavy atom. The molecule has 0 amide bonds. The van der Waals surface area contributed by atoms with Gasteiger partial charge in [0.1, 0.15) is 11.4 Å². The molecule has 0 aliphatic carbocycles. The van der Waals surface area contributed by atoms with Gasteiger partial charge in [-0.15, -0.1) is 10.2 Å². The fraction of sp³-hybridized carbons (Fsp3) is 0.341. The normalized spacial score (nSPS) is 11.7. The summed E-state index contributed by atoms with van der Waals surface area (Å²) in [6.07, 6.45) is 0. The van der Waals surface area contributed by atoms with Gasteiger partial charge in [0.05, 0.1) is 40.9 Å². The highest BCUT2D eigenvalue weighted by atomic mass is 32.2. The molecule has 4 aromatic carbocycles. The molecule has 0 saturated carbocycles. The molecule has 0 unspecified atom stereocenters. The van der Waals surface area contributed by atoms with Crippen LogP contribution in [0.4, 0.5) is 63.3 Å². The van der Waals surface area contributed by atoms with Crippen molar-refractivity contribution in [2.24, 2.45) is 20.5 Å². The number of hydrogen-bond donors (Lipinski definition) is 5. The molecular formula is C41H52N12O5S. The summed E-state index contributed by atoms with van der Waals surface area (Å²) in [4.78, 5) is 19.9. The Balaban J connectivity index is 1.64. The third-order valence-electron chi connectivity index (χ3n) is 9.48. The molecule has 1 heterocycles. The lowest BCUT2D eigenvalue weighted by Gasteiger charge is -2.24. The average Bonchev–Trinajstić information content (AvgIpc) is 3.21. The van der Waals surface area contributed by atoms with Gasteiger partial charge in [-0.3, -0.25) is 4.55 Å². The van der Waals surface area contributed by atoms with E-state index in [1.807, 2.05) is 75.4 Å². The van der Waals surface area contributed by atoms with Crippen molar-refractivity contribution in [2.45, 2.75) is 46.4 Å². The van der Waals surface area contributed by atoms with Gasteiger partial charge in [-0.2, -0.15) is 33.6 Å². The smallest absolute Gasteiger partial charge is 0.294 e. The van der Waals surface area contributed by atoms with Gasteiger partial charge < -0.3 is 35.5 Å². The first-order valence-electron chi connectivity index (χ1n) is 19.4. The van der Waals surface area contributed by atoms with Crippen LogP contribution >= 0.6 is 0 Å². The van der Waals surface area contributed by atoms with Crippen LogP contribution in [-0.4, -0.2) is 90.6 Å². The van der Waals surface area contributed by atoms with Crippen molar-refractivity contribution >= 4 is 73.5 Å². The monoisotopic (exact) mass is 824 g/mol. The van der Waals surface area contributed by atoms with Crippen LogP contribution in [0.3, 0.4) is 0 Å². The summed E-state index contributed by atoms with van der Waals surface area (Å²) < 4.78 is 33.4. The fourth-order valence-corrected chi connectivity index (χ4v) is 6.65. The third kappa shape index (κ3) is 11.5. The zero-order chi connectivity index (χ0) is 42.5. The van der Waals surface area contributed by atoms with Crippen molar-refractivity contribution in [1.29, 1.82) is 0 Å². The molecule has 0 atom stereocenters. The Morgan fingerprint density at radius 3 is 1.53 bits per heavy atom. The molecule has 17 nitrogen and oxygen atoms in total. The number of aromatic nitrogens is 3. The number of aliphatic hydroxyl groups excluding tert-OH is 2. The highest BCUT2D eigenvalue weighted by Crippen LogP contribution is 2.37. The van der Waals surface area contributed by atoms with Gasteiger partial charge in [0.2, 0.25) is 17.8 Å². The van der Waals surface area contributed by atoms with Crippen LogP contribution in [0.1, 0.15) is 38.8 Å². The number of hydrogen-bond acceptors (Lipinski definition) is 16. The molecule has 59 heavy (non-hydrogen) atoms. The highest BCUT2D eigenvalue weighted by Gasteiger charge is 2.18. The first-order chi connectivity index (χ1) is 28.4. The number of rotatable bonds is 20. The second-order valence-electron chi connectivity index (χ2n) is 13.3. The van der Waals surface area contributed by atoms with Crippen molar-refractivity contribution in [3.8, 4) is 0 Å². The van der Waals surface area contributed by atoms with E-state index >= 15 is 0 Å². The molecule has 0 spiro atoms. The lowest BCUT2D eigenvalue weighted by molar-refractivity contribution is 0.280. The Hall–Kier alpha value is -6.08. The lowest BCUT2D eigenvalue weighted by Crippen LogP contribution is -2.31. The molecule has 0 radical (unpaired) electrons. The Bertz CT molecular complexity index is 2360. The predicted octanol–water partition coefficient (Wildman–Crippen LogP) is 8.54. The number of anilines is 7. The van der Waals surface area contributed by atoms with Crippen LogP contribution in [0, 0.1) is 13.8 Å².